The van der Waals surface area contributed by atoms with Crippen LogP contribution in [0.4, 0.5) is 11.5 Å². The molecule has 0 aromatic carbocycles. The molecule has 0 spiro atoms. The minimum absolute atomic E-state index is 0.00700. The van der Waals surface area contributed by atoms with Crippen LogP contribution in [-0.4, -0.2) is 25.8 Å². The number of hydrogen-bond acceptors (Lipinski definition) is 6. The molecule has 2 rings (SSSR count). The van der Waals surface area contributed by atoms with Gasteiger partial charge >= 0.3 is 5.69 Å². The highest BCUT2D eigenvalue weighted by Crippen LogP contribution is 2.26. The molecule has 0 saturated heterocycles. The maximum atomic E-state index is 12.1. The summed E-state index contributed by atoms with van der Waals surface area (Å²) in [6.07, 6.45) is 1.17. The van der Waals surface area contributed by atoms with Crippen LogP contribution < -0.4 is 5.32 Å². The Morgan fingerprint density at radius 1 is 1.29 bits per heavy atom. The zero-order valence-corrected chi connectivity index (χ0v) is 12.1. The van der Waals surface area contributed by atoms with Crippen molar-refractivity contribution in [2.24, 2.45) is 0 Å². The second-order valence-corrected chi connectivity index (χ2v) is 4.64. The van der Waals surface area contributed by atoms with Gasteiger partial charge in [0.05, 0.1) is 4.92 Å². The standard InChI is InChI=1S/C10H4Cl3N5O3/c11-5-3-6(17-10(13)15-5)16-9(19)4-1-2-14-8(12)7(4)18(20)21/h1-3H,(H,15,16,17,19). The van der Waals surface area contributed by atoms with Crippen LogP contribution in [0, 0.1) is 10.1 Å². The van der Waals surface area contributed by atoms with Crippen molar-refractivity contribution in [1.29, 1.82) is 0 Å². The lowest BCUT2D eigenvalue weighted by atomic mass is 10.2. The van der Waals surface area contributed by atoms with Crippen LogP contribution in [0.1, 0.15) is 10.4 Å². The van der Waals surface area contributed by atoms with Gasteiger partial charge in [-0.2, -0.15) is 0 Å². The fourth-order valence-corrected chi connectivity index (χ4v) is 2.06. The quantitative estimate of drug-likeness (QED) is 0.300. The van der Waals surface area contributed by atoms with Crippen molar-refractivity contribution in [2.75, 3.05) is 5.32 Å². The Morgan fingerprint density at radius 2 is 2.00 bits per heavy atom. The van der Waals surface area contributed by atoms with Gasteiger partial charge in [-0.15, -0.1) is 0 Å². The first-order chi connectivity index (χ1) is 9.88. The van der Waals surface area contributed by atoms with Gasteiger partial charge in [0.1, 0.15) is 16.5 Å². The van der Waals surface area contributed by atoms with E-state index in [2.05, 4.69) is 20.3 Å². The molecule has 2 aromatic heterocycles. The van der Waals surface area contributed by atoms with Gasteiger partial charge in [-0.05, 0) is 17.7 Å². The SMILES string of the molecule is O=C(Nc1cc(Cl)nc(Cl)n1)c1ccnc(Cl)c1[N+](=O)[O-]. The zero-order valence-electron chi connectivity index (χ0n) is 9.88. The number of anilines is 1. The van der Waals surface area contributed by atoms with E-state index in [1.807, 2.05) is 0 Å². The predicted molar refractivity (Wildman–Crippen MR) is 75.9 cm³/mol. The summed E-state index contributed by atoms with van der Waals surface area (Å²) >= 11 is 16.9. The van der Waals surface area contributed by atoms with Crippen molar-refractivity contribution < 1.29 is 9.72 Å². The van der Waals surface area contributed by atoms with E-state index in [1.165, 1.54) is 12.3 Å². The monoisotopic (exact) mass is 347 g/mol. The molecule has 2 heterocycles. The summed E-state index contributed by atoms with van der Waals surface area (Å²) < 4.78 is 0. The number of rotatable bonds is 3. The Hall–Kier alpha value is -2.03. The van der Waals surface area contributed by atoms with Gasteiger partial charge in [0, 0.05) is 12.3 Å². The van der Waals surface area contributed by atoms with Crippen molar-refractivity contribution in [3.05, 3.63) is 49.6 Å². The lowest BCUT2D eigenvalue weighted by molar-refractivity contribution is -0.385. The van der Waals surface area contributed by atoms with E-state index in [-0.39, 0.29) is 21.8 Å². The number of nitrogens with zero attached hydrogens (tertiary/aromatic N) is 4. The van der Waals surface area contributed by atoms with Crippen molar-refractivity contribution in [2.45, 2.75) is 0 Å². The molecule has 1 amide bonds. The maximum absolute atomic E-state index is 12.1. The molecule has 0 unspecified atom stereocenters. The minimum Gasteiger partial charge on any atom is -0.306 e. The molecular formula is C10H4Cl3N5O3. The van der Waals surface area contributed by atoms with Crippen LogP contribution in [0.3, 0.4) is 0 Å². The molecule has 0 aliphatic rings. The van der Waals surface area contributed by atoms with Crippen molar-refractivity contribution >= 4 is 52.2 Å². The van der Waals surface area contributed by atoms with Gasteiger partial charge in [-0.1, -0.05) is 23.2 Å². The first kappa shape index (κ1) is 15.4. The number of amides is 1. The second kappa shape index (κ2) is 6.17. The van der Waals surface area contributed by atoms with E-state index in [0.29, 0.717) is 0 Å². The Bertz CT molecular complexity index is 720. The highest BCUT2D eigenvalue weighted by Gasteiger charge is 2.25. The molecule has 0 aliphatic heterocycles. The van der Waals surface area contributed by atoms with Crippen molar-refractivity contribution in [1.82, 2.24) is 15.0 Å². The number of carbonyl (C=O) groups is 1. The summed E-state index contributed by atoms with van der Waals surface area (Å²) in [6.45, 7) is 0. The molecule has 0 radical (unpaired) electrons. The Labute approximate surface area is 132 Å². The van der Waals surface area contributed by atoms with Crippen molar-refractivity contribution in [3.63, 3.8) is 0 Å². The number of halogens is 3. The van der Waals surface area contributed by atoms with E-state index in [0.717, 1.165) is 6.07 Å². The predicted octanol–water partition coefficient (Wildman–Crippen LogP) is 2.99. The first-order valence-electron chi connectivity index (χ1n) is 5.19. The molecule has 11 heteroatoms. The third-order valence-corrected chi connectivity index (χ3v) is 2.86. The summed E-state index contributed by atoms with van der Waals surface area (Å²) in [6, 6.07) is 2.39. The molecule has 1 N–H and O–H groups in total. The average molecular weight is 349 g/mol. The summed E-state index contributed by atoms with van der Waals surface area (Å²) in [4.78, 5) is 33.1. The second-order valence-electron chi connectivity index (χ2n) is 3.55. The summed E-state index contributed by atoms with van der Waals surface area (Å²) in [5, 5.41) is 12.7. The summed E-state index contributed by atoms with van der Waals surface area (Å²) in [5.74, 6) is -0.816. The van der Waals surface area contributed by atoms with Crippen molar-refractivity contribution in [3.8, 4) is 0 Å². The van der Waals surface area contributed by atoms with Gasteiger partial charge < -0.3 is 5.32 Å². The molecule has 0 bridgehead atoms. The third kappa shape index (κ3) is 3.54. The third-order valence-electron chi connectivity index (χ3n) is 2.22. The molecule has 21 heavy (non-hydrogen) atoms. The van der Waals surface area contributed by atoms with Crippen LogP contribution >= 0.6 is 34.8 Å². The Balaban J connectivity index is 2.37. The van der Waals surface area contributed by atoms with Crippen LogP contribution in [0.5, 0.6) is 0 Å². The molecule has 0 atom stereocenters. The van der Waals surface area contributed by atoms with Gasteiger partial charge in [-0.25, -0.2) is 15.0 Å². The lowest BCUT2D eigenvalue weighted by Gasteiger charge is -2.06. The molecule has 0 saturated carbocycles. The molecule has 0 fully saturated rings. The van der Waals surface area contributed by atoms with Gasteiger partial charge in [-0.3, -0.25) is 14.9 Å². The molecular weight excluding hydrogens is 345 g/mol. The zero-order chi connectivity index (χ0) is 15.6. The molecule has 108 valence electrons. The topological polar surface area (TPSA) is 111 Å². The van der Waals surface area contributed by atoms with E-state index in [4.69, 9.17) is 34.8 Å². The number of nitrogens with one attached hydrogen (secondary N) is 1. The maximum Gasteiger partial charge on any atom is 0.319 e. The number of pyridine rings is 1. The highest BCUT2D eigenvalue weighted by atomic mass is 35.5. The van der Waals surface area contributed by atoms with Crippen LogP contribution in [0.2, 0.25) is 15.6 Å². The highest BCUT2D eigenvalue weighted by molar-refractivity contribution is 6.33. The lowest BCUT2D eigenvalue weighted by Crippen LogP contribution is -2.15. The van der Waals surface area contributed by atoms with E-state index in [1.54, 1.807) is 0 Å². The average Bonchev–Trinajstić information content (AvgIpc) is 2.36. The minimum atomic E-state index is -0.808. The number of nitro groups is 1. The van der Waals surface area contributed by atoms with Gasteiger partial charge in [0.2, 0.25) is 10.4 Å². The number of aromatic nitrogens is 3. The van der Waals surface area contributed by atoms with Gasteiger partial charge in [0.25, 0.3) is 5.91 Å². The fraction of sp³-hybridized carbons (Fsp3) is 0. The molecule has 0 aliphatic carbocycles. The number of hydrogen-bond donors (Lipinski definition) is 1. The molecule has 8 nitrogen and oxygen atoms in total. The molecule has 2 aromatic rings. The summed E-state index contributed by atoms with van der Waals surface area (Å²) in [7, 11) is 0. The van der Waals surface area contributed by atoms with E-state index in [9.17, 15) is 14.9 Å². The first-order valence-corrected chi connectivity index (χ1v) is 6.32. The van der Waals surface area contributed by atoms with Crippen LogP contribution in [-0.2, 0) is 0 Å². The smallest absolute Gasteiger partial charge is 0.306 e. The fourth-order valence-electron chi connectivity index (χ4n) is 1.42. The normalized spacial score (nSPS) is 10.2. The summed E-state index contributed by atoms with van der Waals surface area (Å²) in [5.41, 5.74) is -0.881. The van der Waals surface area contributed by atoms with E-state index < -0.39 is 21.7 Å². The van der Waals surface area contributed by atoms with Crippen LogP contribution in [0.15, 0.2) is 18.3 Å². The Morgan fingerprint density at radius 3 is 2.62 bits per heavy atom. The van der Waals surface area contributed by atoms with E-state index >= 15 is 0 Å². The van der Waals surface area contributed by atoms with Crippen LogP contribution in [0.25, 0.3) is 0 Å². The largest absolute Gasteiger partial charge is 0.319 e. The van der Waals surface area contributed by atoms with Gasteiger partial charge in [0.15, 0.2) is 0 Å². The Kier molecular flexibility index (Phi) is 4.51. The number of carbonyl (C=O) groups excluding carboxylic acids is 1.